The Labute approximate surface area is 371 Å². The number of rotatable bonds is 11. The Morgan fingerprint density at radius 3 is 2.14 bits per heavy atom. The van der Waals surface area contributed by atoms with Gasteiger partial charge in [0.1, 0.15) is 35.4 Å². The molecule has 16 nitrogen and oxygen atoms in total. The lowest BCUT2D eigenvalue weighted by molar-refractivity contribution is -0.136. The monoisotopic (exact) mass is 863 g/mol. The van der Waals surface area contributed by atoms with Gasteiger partial charge in [0.15, 0.2) is 5.65 Å². The number of imide groups is 2. The maximum absolute atomic E-state index is 13.3. The molecule has 3 N–H and O–H groups in total. The molecular formula is C48H53N11O5. The molecule has 11 rings (SSSR count). The number of amides is 4. The van der Waals surface area contributed by atoms with E-state index in [0.717, 1.165) is 116 Å². The highest BCUT2D eigenvalue weighted by atomic mass is 16.5. The van der Waals surface area contributed by atoms with E-state index >= 15 is 0 Å². The Hall–Kier alpha value is -6.23. The Bertz CT molecular complexity index is 2590. The van der Waals surface area contributed by atoms with Crippen LogP contribution in [-0.2, 0) is 9.59 Å². The van der Waals surface area contributed by atoms with Crippen LogP contribution in [0, 0.1) is 11.8 Å². The molecular weight excluding hydrogens is 811 g/mol. The van der Waals surface area contributed by atoms with Gasteiger partial charge in [-0.15, -0.1) is 0 Å². The molecule has 6 aliphatic heterocycles. The first kappa shape index (κ1) is 40.5. The molecule has 6 aliphatic rings. The van der Waals surface area contributed by atoms with Crippen LogP contribution in [0.1, 0.15) is 65.3 Å². The zero-order valence-corrected chi connectivity index (χ0v) is 35.8. The smallest absolute Gasteiger partial charge is 0.262 e. The van der Waals surface area contributed by atoms with Crippen LogP contribution in [0.5, 0.6) is 11.5 Å². The molecule has 16 heteroatoms. The molecule has 3 aromatic carbocycles. The van der Waals surface area contributed by atoms with Crippen molar-refractivity contribution >= 4 is 46.2 Å². The minimum absolute atomic E-state index is 0.107. The first-order valence-electron chi connectivity index (χ1n) is 22.8. The van der Waals surface area contributed by atoms with Gasteiger partial charge in [-0.3, -0.25) is 29.4 Å². The van der Waals surface area contributed by atoms with E-state index in [4.69, 9.17) is 15.6 Å². The summed E-state index contributed by atoms with van der Waals surface area (Å²) >= 11 is 0. The fourth-order valence-corrected chi connectivity index (χ4v) is 10.9. The van der Waals surface area contributed by atoms with Gasteiger partial charge in [0.2, 0.25) is 11.8 Å². The predicted octanol–water partition coefficient (Wildman–Crippen LogP) is 4.44. The van der Waals surface area contributed by atoms with Gasteiger partial charge in [0.25, 0.3) is 11.8 Å². The predicted molar refractivity (Wildman–Crippen MR) is 240 cm³/mol. The number of para-hydroxylation sites is 1. The first-order chi connectivity index (χ1) is 31.2. The molecule has 0 saturated carbocycles. The molecule has 5 aromatic rings. The van der Waals surface area contributed by atoms with Crippen molar-refractivity contribution < 1.29 is 23.9 Å². The number of nitrogens with one attached hydrogen (secondary N) is 1. The number of benzene rings is 3. The summed E-state index contributed by atoms with van der Waals surface area (Å²) in [5.41, 5.74) is 10.6. The average molecular weight is 864 g/mol. The Morgan fingerprint density at radius 2 is 1.39 bits per heavy atom. The number of nitrogen functional groups attached to an aromatic ring is 1. The highest BCUT2D eigenvalue weighted by Crippen LogP contribution is 2.37. The zero-order chi connectivity index (χ0) is 43.5. The first-order valence-corrected chi connectivity index (χ1v) is 22.8. The van der Waals surface area contributed by atoms with E-state index in [1.54, 1.807) is 18.5 Å². The van der Waals surface area contributed by atoms with E-state index < -0.39 is 23.8 Å². The molecule has 0 bridgehead atoms. The number of carbonyl (C=O) groups excluding carboxylic acids is 4. The van der Waals surface area contributed by atoms with E-state index in [1.807, 2.05) is 60.7 Å². The molecule has 1 unspecified atom stereocenters. The Kier molecular flexibility index (Phi) is 10.6. The zero-order valence-electron chi connectivity index (χ0n) is 35.8. The largest absolute Gasteiger partial charge is 0.457 e. The number of carbonyl (C=O) groups is 4. The molecule has 0 spiro atoms. The van der Waals surface area contributed by atoms with Gasteiger partial charge in [-0.25, -0.2) is 14.6 Å². The molecule has 0 aliphatic carbocycles. The topological polar surface area (TPSA) is 175 Å². The number of likely N-dealkylation sites (tertiary alicyclic amines) is 3. The van der Waals surface area contributed by atoms with Gasteiger partial charge in [0, 0.05) is 82.0 Å². The van der Waals surface area contributed by atoms with Crippen LogP contribution < -0.4 is 20.7 Å². The summed E-state index contributed by atoms with van der Waals surface area (Å²) in [5, 5.41) is 8.20. The second kappa shape index (κ2) is 16.7. The number of hydrogen-bond acceptors (Lipinski definition) is 13. The van der Waals surface area contributed by atoms with Gasteiger partial charge in [0.05, 0.1) is 22.6 Å². The van der Waals surface area contributed by atoms with E-state index in [1.165, 1.54) is 19.4 Å². The van der Waals surface area contributed by atoms with Crippen LogP contribution in [0.25, 0.3) is 22.3 Å². The fraction of sp³-hybridized carbons (Fsp3) is 0.438. The SMILES string of the molecule is Nc1ncnc2c1c(-c1ccc(Oc3ccccc3)cc1)nn2C1CCN(C2CCN(CC3CN(CC4CN(c5ccc6c(c5)C(=O)N(C5CCC(=O)NC5=O)C6=O)C4)C3)CC2)CC1. The third kappa shape index (κ3) is 7.66. The summed E-state index contributed by atoms with van der Waals surface area (Å²) in [5.74, 6) is 1.36. The minimum atomic E-state index is -0.953. The van der Waals surface area contributed by atoms with Gasteiger partial charge in [-0.2, -0.15) is 5.10 Å². The van der Waals surface area contributed by atoms with Crippen LogP contribution in [-0.4, -0.2) is 141 Å². The van der Waals surface area contributed by atoms with Crippen molar-refractivity contribution in [2.45, 2.75) is 56.7 Å². The molecule has 330 valence electrons. The molecule has 4 amide bonds. The summed E-state index contributed by atoms with van der Waals surface area (Å²) < 4.78 is 8.12. The third-order valence-corrected chi connectivity index (χ3v) is 14.4. The summed E-state index contributed by atoms with van der Waals surface area (Å²) in [6.07, 6.45) is 6.24. The number of fused-ring (bicyclic) bond motifs is 2. The van der Waals surface area contributed by atoms with E-state index in [-0.39, 0.29) is 24.8 Å². The number of hydrogen-bond donors (Lipinski definition) is 2. The van der Waals surface area contributed by atoms with Crippen molar-refractivity contribution in [1.29, 1.82) is 0 Å². The van der Waals surface area contributed by atoms with Crippen LogP contribution in [0.2, 0.25) is 0 Å². The summed E-state index contributed by atoms with van der Waals surface area (Å²) in [6.45, 7) is 10.7. The Morgan fingerprint density at radius 1 is 0.703 bits per heavy atom. The molecule has 8 heterocycles. The summed E-state index contributed by atoms with van der Waals surface area (Å²) in [4.78, 5) is 70.7. The van der Waals surface area contributed by atoms with Crippen molar-refractivity contribution in [3.05, 3.63) is 90.3 Å². The third-order valence-electron chi connectivity index (χ3n) is 14.4. The lowest BCUT2D eigenvalue weighted by atomic mass is 9.92. The molecule has 64 heavy (non-hydrogen) atoms. The van der Waals surface area contributed by atoms with E-state index in [2.05, 4.69) is 39.6 Å². The molecule has 1 atom stereocenters. The normalized spacial score (nSPS) is 22.2. The van der Waals surface area contributed by atoms with Gasteiger partial charge >= 0.3 is 0 Å². The second-order valence-electron chi connectivity index (χ2n) is 18.5. The lowest BCUT2D eigenvalue weighted by Crippen LogP contribution is -2.58. The van der Waals surface area contributed by atoms with Gasteiger partial charge < -0.3 is 30.1 Å². The average Bonchev–Trinajstić information content (AvgIpc) is 3.79. The summed E-state index contributed by atoms with van der Waals surface area (Å²) in [7, 11) is 0. The van der Waals surface area contributed by atoms with Crippen LogP contribution in [0.4, 0.5) is 11.5 Å². The highest BCUT2D eigenvalue weighted by Gasteiger charge is 2.45. The van der Waals surface area contributed by atoms with Crippen molar-refractivity contribution in [2.24, 2.45) is 11.8 Å². The van der Waals surface area contributed by atoms with Crippen molar-refractivity contribution in [2.75, 3.05) is 76.1 Å². The van der Waals surface area contributed by atoms with Crippen molar-refractivity contribution in [3.8, 4) is 22.8 Å². The maximum atomic E-state index is 13.3. The summed E-state index contributed by atoms with van der Waals surface area (Å²) in [6, 6.07) is 23.0. The van der Waals surface area contributed by atoms with E-state index in [0.29, 0.717) is 34.8 Å². The fourth-order valence-electron chi connectivity index (χ4n) is 10.9. The minimum Gasteiger partial charge on any atom is -0.457 e. The van der Waals surface area contributed by atoms with Crippen LogP contribution in [0.3, 0.4) is 0 Å². The number of nitrogens with two attached hydrogens (primary N) is 1. The number of piperidine rings is 3. The van der Waals surface area contributed by atoms with Gasteiger partial charge in [-0.1, -0.05) is 18.2 Å². The van der Waals surface area contributed by atoms with Gasteiger partial charge in [-0.05, 0) is 106 Å². The lowest BCUT2D eigenvalue weighted by Gasteiger charge is -2.49. The second-order valence-corrected chi connectivity index (χ2v) is 18.5. The van der Waals surface area contributed by atoms with E-state index in [9.17, 15) is 19.2 Å². The highest BCUT2D eigenvalue weighted by molar-refractivity contribution is 6.23. The Balaban J connectivity index is 0.616. The molecule has 2 aromatic heterocycles. The standard InChI is InChI=1S/C48H53N11O5/c49-44-42-43(32-6-9-37(10-7-32)64-36-4-2-1-3-5-36)53-59(45(42)51-29-50-44)34-16-20-56(21-17-34)33-14-18-54(19-15-33)23-30-24-55(25-30)26-31-27-57(28-31)35-8-11-38-39(22-35)48(63)58(47(38)62)40-12-13-41(60)52-46(40)61/h1-11,22,29-31,33-34,40H,12-21,23-28H2,(H2,49,50,51)(H,52,60,61). The molecule has 0 radical (unpaired) electrons. The maximum Gasteiger partial charge on any atom is 0.262 e. The van der Waals surface area contributed by atoms with Crippen LogP contribution in [0.15, 0.2) is 79.1 Å². The number of aromatic nitrogens is 4. The number of ether oxygens (including phenoxy) is 1. The van der Waals surface area contributed by atoms with Crippen molar-refractivity contribution in [3.63, 3.8) is 0 Å². The molecule has 5 fully saturated rings. The number of anilines is 2. The van der Waals surface area contributed by atoms with Crippen LogP contribution >= 0.6 is 0 Å². The quantitative estimate of drug-likeness (QED) is 0.179. The van der Waals surface area contributed by atoms with Crippen molar-refractivity contribution in [1.82, 2.24) is 44.7 Å². The molecule has 5 saturated heterocycles. The number of nitrogens with zero attached hydrogens (tertiary/aromatic N) is 9.